The van der Waals surface area contributed by atoms with Crippen LogP contribution in [0.5, 0.6) is 5.75 Å². The molecule has 0 saturated carbocycles. The Bertz CT molecular complexity index is 660. The Kier molecular flexibility index (Phi) is 4.35. The number of hydrogen-bond acceptors (Lipinski definition) is 3. The number of nitrogens with one attached hydrogen (secondary N) is 1. The van der Waals surface area contributed by atoms with Gasteiger partial charge >= 0.3 is 0 Å². The van der Waals surface area contributed by atoms with Crippen molar-refractivity contribution >= 4 is 18.0 Å². The molecule has 0 unspecified atom stereocenters. The summed E-state index contributed by atoms with van der Waals surface area (Å²) in [4.78, 5) is 10.9. The highest BCUT2D eigenvalue weighted by atomic mass is 16.3. The van der Waals surface area contributed by atoms with Crippen molar-refractivity contribution in [2.24, 2.45) is 0 Å². The molecule has 0 radical (unpaired) electrons. The zero-order valence-corrected chi connectivity index (χ0v) is 10.9. The first-order chi connectivity index (χ1) is 9.70. The molecule has 0 spiro atoms. The number of aldehydes is 1. The molecule has 0 aromatic heterocycles. The van der Waals surface area contributed by atoms with Gasteiger partial charge in [0.2, 0.25) is 0 Å². The lowest BCUT2D eigenvalue weighted by Gasteiger charge is -2.08. The molecule has 3 nitrogen and oxygen atoms in total. The number of allylic oxidation sites excluding steroid dienone is 1. The monoisotopic (exact) mass is 265 g/mol. The van der Waals surface area contributed by atoms with E-state index in [1.165, 1.54) is 0 Å². The lowest BCUT2D eigenvalue weighted by Crippen LogP contribution is -1.98. The lowest BCUT2D eigenvalue weighted by molar-refractivity contribution is 0.112. The Morgan fingerprint density at radius 3 is 2.40 bits per heavy atom. The first-order valence-corrected chi connectivity index (χ1v) is 6.17. The largest absolute Gasteiger partial charge is 0.507 e. The fraction of sp³-hybridized carbons (Fsp3) is 0. The van der Waals surface area contributed by atoms with Gasteiger partial charge in [-0.05, 0) is 30.4 Å². The van der Waals surface area contributed by atoms with Gasteiger partial charge in [-0.25, -0.2) is 0 Å². The molecule has 0 amide bonds. The van der Waals surface area contributed by atoms with Crippen molar-refractivity contribution < 1.29 is 9.90 Å². The predicted molar refractivity (Wildman–Crippen MR) is 81.7 cm³/mol. The molecule has 2 aromatic rings. The summed E-state index contributed by atoms with van der Waals surface area (Å²) >= 11 is 0. The molecule has 100 valence electrons. The fourth-order valence-corrected chi connectivity index (χ4v) is 1.75. The van der Waals surface area contributed by atoms with E-state index in [1.807, 2.05) is 18.2 Å². The van der Waals surface area contributed by atoms with Crippen LogP contribution >= 0.6 is 0 Å². The minimum atomic E-state index is 0.213. The third-order valence-corrected chi connectivity index (χ3v) is 2.78. The van der Waals surface area contributed by atoms with E-state index in [2.05, 4.69) is 11.9 Å². The summed E-state index contributed by atoms with van der Waals surface area (Å²) in [5.41, 5.74) is 2.61. The van der Waals surface area contributed by atoms with Crippen LogP contribution in [0, 0.1) is 0 Å². The van der Waals surface area contributed by atoms with Crippen molar-refractivity contribution in [3.05, 3.63) is 78.0 Å². The third-order valence-electron chi connectivity index (χ3n) is 2.78. The highest BCUT2D eigenvalue weighted by Crippen LogP contribution is 2.19. The summed E-state index contributed by atoms with van der Waals surface area (Å²) in [6.07, 6.45) is 4.30. The lowest BCUT2D eigenvalue weighted by atomic mass is 10.1. The summed E-state index contributed by atoms with van der Waals surface area (Å²) < 4.78 is 0. The zero-order chi connectivity index (χ0) is 14.4. The van der Waals surface area contributed by atoms with Gasteiger partial charge in [0.05, 0.1) is 0 Å². The fourth-order valence-electron chi connectivity index (χ4n) is 1.75. The molecule has 3 heteroatoms. The number of benzene rings is 2. The van der Waals surface area contributed by atoms with Crippen LogP contribution in [0.15, 0.2) is 66.9 Å². The molecule has 0 aliphatic rings. The van der Waals surface area contributed by atoms with Gasteiger partial charge in [0.1, 0.15) is 5.75 Å². The van der Waals surface area contributed by atoms with Crippen molar-refractivity contribution in [1.29, 1.82) is 0 Å². The molecule has 2 aromatic carbocycles. The molecule has 0 atom stereocenters. The maximum absolute atomic E-state index is 10.9. The number of rotatable bonds is 5. The predicted octanol–water partition coefficient (Wildman–Crippen LogP) is 3.84. The van der Waals surface area contributed by atoms with Gasteiger partial charge in [0.15, 0.2) is 6.29 Å². The van der Waals surface area contributed by atoms with Crippen LogP contribution in [-0.4, -0.2) is 11.4 Å². The number of para-hydroxylation sites is 2. The molecule has 0 aliphatic carbocycles. The maximum Gasteiger partial charge on any atom is 0.152 e. The molecule has 0 heterocycles. The number of hydrogen-bond donors (Lipinski definition) is 2. The first kappa shape index (κ1) is 13.6. The molecule has 2 rings (SSSR count). The summed E-state index contributed by atoms with van der Waals surface area (Å²) in [5, 5.41) is 12.7. The number of anilines is 1. The molecule has 0 fully saturated rings. The number of carbonyl (C=O) groups is 1. The van der Waals surface area contributed by atoms with Gasteiger partial charge in [0.25, 0.3) is 0 Å². The van der Waals surface area contributed by atoms with Crippen LogP contribution in [0.25, 0.3) is 6.08 Å². The van der Waals surface area contributed by atoms with E-state index in [4.69, 9.17) is 0 Å². The van der Waals surface area contributed by atoms with Crippen molar-refractivity contribution in [2.75, 3.05) is 5.32 Å². The molecular formula is C17H15NO2. The van der Waals surface area contributed by atoms with Gasteiger partial charge in [-0.1, -0.05) is 36.9 Å². The molecule has 0 aliphatic heterocycles. The molecule has 0 bridgehead atoms. The van der Waals surface area contributed by atoms with Crippen LogP contribution in [-0.2, 0) is 0 Å². The van der Waals surface area contributed by atoms with E-state index in [0.29, 0.717) is 22.5 Å². The maximum atomic E-state index is 10.9. The van der Waals surface area contributed by atoms with Crippen LogP contribution in [0.3, 0.4) is 0 Å². The van der Waals surface area contributed by atoms with E-state index < -0.39 is 0 Å². The summed E-state index contributed by atoms with van der Waals surface area (Å²) in [6, 6.07) is 14.2. The third kappa shape index (κ3) is 3.36. The molecule has 0 saturated heterocycles. The van der Waals surface area contributed by atoms with Gasteiger partial charge in [-0.15, -0.1) is 0 Å². The van der Waals surface area contributed by atoms with Crippen molar-refractivity contribution in [2.45, 2.75) is 0 Å². The average molecular weight is 265 g/mol. The Labute approximate surface area is 117 Å². The SMILES string of the molecule is C=C(/C=C/c1ccccc1O)Nc1ccccc1C=O. The van der Waals surface area contributed by atoms with Crippen LogP contribution < -0.4 is 5.32 Å². The van der Waals surface area contributed by atoms with Gasteiger partial charge in [-0.2, -0.15) is 0 Å². The van der Waals surface area contributed by atoms with Crippen LogP contribution in [0.1, 0.15) is 15.9 Å². The average Bonchev–Trinajstić information content (AvgIpc) is 2.47. The standard InChI is InChI=1S/C17H15NO2/c1-13(10-11-14-6-3-5-9-17(14)20)18-16-8-4-2-7-15(16)12-19/h2-12,18,20H,1H2/b11-10+. The Morgan fingerprint density at radius 1 is 1.05 bits per heavy atom. The smallest absolute Gasteiger partial charge is 0.152 e. The second kappa shape index (κ2) is 6.38. The minimum absolute atomic E-state index is 0.213. The Balaban J connectivity index is 2.10. The normalized spacial score (nSPS) is 10.4. The van der Waals surface area contributed by atoms with Crippen molar-refractivity contribution in [3.63, 3.8) is 0 Å². The Morgan fingerprint density at radius 2 is 1.70 bits per heavy atom. The molecule has 20 heavy (non-hydrogen) atoms. The second-order valence-electron chi connectivity index (χ2n) is 4.25. The van der Waals surface area contributed by atoms with Crippen LogP contribution in [0.2, 0.25) is 0 Å². The van der Waals surface area contributed by atoms with E-state index >= 15 is 0 Å². The van der Waals surface area contributed by atoms with Crippen molar-refractivity contribution in [1.82, 2.24) is 0 Å². The van der Waals surface area contributed by atoms with E-state index in [-0.39, 0.29) is 5.75 Å². The van der Waals surface area contributed by atoms with Crippen LogP contribution in [0.4, 0.5) is 5.69 Å². The molecule has 2 N–H and O–H groups in total. The quantitative estimate of drug-likeness (QED) is 0.638. The highest BCUT2D eigenvalue weighted by molar-refractivity contribution is 5.84. The van der Waals surface area contributed by atoms with Crippen molar-refractivity contribution in [3.8, 4) is 5.75 Å². The number of phenols is 1. The van der Waals surface area contributed by atoms with E-state index in [9.17, 15) is 9.90 Å². The second-order valence-corrected chi connectivity index (χ2v) is 4.25. The van der Waals surface area contributed by atoms with Gasteiger partial charge in [-0.3, -0.25) is 4.79 Å². The summed E-state index contributed by atoms with van der Waals surface area (Å²) in [7, 11) is 0. The number of phenolic OH excluding ortho intramolecular Hbond substituents is 1. The molecular weight excluding hydrogens is 250 g/mol. The van der Waals surface area contributed by atoms with E-state index in [1.54, 1.807) is 42.5 Å². The van der Waals surface area contributed by atoms with Gasteiger partial charge < -0.3 is 10.4 Å². The van der Waals surface area contributed by atoms with E-state index in [0.717, 1.165) is 6.29 Å². The van der Waals surface area contributed by atoms with Gasteiger partial charge in [0, 0.05) is 22.5 Å². The highest BCUT2D eigenvalue weighted by Gasteiger charge is 2.00. The minimum Gasteiger partial charge on any atom is -0.507 e. The summed E-state index contributed by atoms with van der Waals surface area (Å²) in [6.45, 7) is 3.87. The Hall–Kier alpha value is -2.81. The topological polar surface area (TPSA) is 49.3 Å². The summed E-state index contributed by atoms with van der Waals surface area (Å²) in [5.74, 6) is 0.213. The number of carbonyl (C=O) groups excluding carboxylic acids is 1. The number of aromatic hydroxyl groups is 1. The first-order valence-electron chi connectivity index (χ1n) is 6.17. The zero-order valence-electron chi connectivity index (χ0n) is 10.9.